The molecule has 2 N–H and O–H groups in total. The van der Waals surface area contributed by atoms with Gasteiger partial charge in [-0.25, -0.2) is 0 Å². The molecule has 144 valence electrons. The van der Waals surface area contributed by atoms with Gasteiger partial charge >= 0.3 is 6.18 Å². The molecule has 0 aliphatic rings. The summed E-state index contributed by atoms with van der Waals surface area (Å²) in [6, 6.07) is 21.0. The van der Waals surface area contributed by atoms with Crippen LogP contribution in [-0.2, 0) is 6.18 Å². The summed E-state index contributed by atoms with van der Waals surface area (Å²) in [7, 11) is 0. The van der Waals surface area contributed by atoms with Crippen LogP contribution in [0.15, 0.2) is 78.9 Å². The molecule has 0 unspecified atom stereocenters. The maximum Gasteiger partial charge on any atom is 0.416 e. The summed E-state index contributed by atoms with van der Waals surface area (Å²) in [4.78, 5) is 12.2. The standard InChI is InChI=1S/C22H18F3NO2/c23-22(24,25)19-12-10-17(11-13-19)20(27)14-26-21(28)18-8-6-16(7-9-18)15-4-2-1-3-5-15/h1-13,20,27H,14H2,(H,26,28)/t20-/m0/s1. The topological polar surface area (TPSA) is 49.3 Å². The van der Waals surface area contributed by atoms with E-state index in [0.29, 0.717) is 11.1 Å². The third kappa shape index (κ3) is 4.78. The molecule has 3 rings (SSSR count). The minimum absolute atomic E-state index is 0.107. The predicted molar refractivity (Wildman–Crippen MR) is 101 cm³/mol. The number of carbonyl (C=O) groups is 1. The second kappa shape index (κ2) is 8.27. The lowest BCUT2D eigenvalue weighted by atomic mass is 10.0. The first-order chi connectivity index (χ1) is 13.3. The van der Waals surface area contributed by atoms with Crippen LogP contribution in [0.2, 0.25) is 0 Å². The highest BCUT2D eigenvalue weighted by molar-refractivity contribution is 5.94. The highest BCUT2D eigenvalue weighted by Crippen LogP contribution is 2.29. The Labute approximate surface area is 160 Å². The van der Waals surface area contributed by atoms with Crippen molar-refractivity contribution < 1.29 is 23.1 Å². The van der Waals surface area contributed by atoms with Crippen molar-refractivity contribution in [3.63, 3.8) is 0 Å². The number of amides is 1. The zero-order valence-electron chi connectivity index (χ0n) is 14.8. The van der Waals surface area contributed by atoms with Crippen molar-refractivity contribution in [2.45, 2.75) is 12.3 Å². The summed E-state index contributed by atoms with van der Waals surface area (Å²) in [6.45, 7) is -0.107. The Hall–Kier alpha value is -3.12. The molecule has 1 atom stereocenters. The van der Waals surface area contributed by atoms with Gasteiger partial charge in [-0.2, -0.15) is 13.2 Å². The summed E-state index contributed by atoms with van der Waals surface area (Å²) in [6.07, 6.45) is -5.53. The van der Waals surface area contributed by atoms with Gasteiger partial charge in [0, 0.05) is 12.1 Å². The number of carbonyl (C=O) groups excluding carboxylic acids is 1. The Morgan fingerprint density at radius 3 is 2.00 bits per heavy atom. The predicted octanol–water partition coefficient (Wildman–Crippen LogP) is 4.84. The third-order valence-corrected chi connectivity index (χ3v) is 4.33. The Morgan fingerprint density at radius 2 is 1.43 bits per heavy atom. The van der Waals surface area contributed by atoms with Gasteiger partial charge in [0.05, 0.1) is 11.7 Å². The van der Waals surface area contributed by atoms with E-state index < -0.39 is 17.8 Å². The van der Waals surface area contributed by atoms with Gasteiger partial charge in [-0.05, 0) is 41.0 Å². The van der Waals surface area contributed by atoms with E-state index in [1.165, 1.54) is 12.1 Å². The minimum Gasteiger partial charge on any atom is -0.387 e. The van der Waals surface area contributed by atoms with Gasteiger partial charge in [-0.15, -0.1) is 0 Å². The molecule has 6 heteroatoms. The molecule has 28 heavy (non-hydrogen) atoms. The zero-order valence-corrected chi connectivity index (χ0v) is 14.8. The molecule has 0 radical (unpaired) electrons. The van der Waals surface area contributed by atoms with E-state index >= 15 is 0 Å². The van der Waals surface area contributed by atoms with Gasteiger partial charge < -0.3 is 10.4 Å². The number of hydrogen-bond acceptors (Lipinski definition) is 2. The minimum atomic E-state index is -4.43. The molecule has 0 heterocycles. The van der Waals surface area contributed by atoms with Gasteiger partial charge in [0.1, 0.15) is 0 Å². The van der Waals surface area contributed by atoms with Crippen molar-refractivity contribution in [3.05, 3.63) is 95.6 Å². The summed E-state index contributed by atoms with van der Waals surface area (Å²) < 4.78 is 37.7. The van der Waals surface area contributed by atoms with Crippen LogP contribution in [-0.4, -0.2) is 17.6 Å². The third-order valence-electron chi connectivity index (χ3n) is 4.33. The molecule has 3 aromatic carbocycles. The van der Waals surface area contributed by atoms with Crippen LogP contribution in [0.1, 0.15) is 27.6 Å². The second-order valence-corrected chi connectivity index (χ2v) is 6.29. The first kappa shape index (κ1) is 19.6. The first-order valence-electron chi connectivity index (χ1n) is 8.63. The van der Waals surface area contributed by atoms with Crippen LogP contribution < -0.4 is 5.32 Å². The first-order valence-corrected chi connectivity index (χ1v) is 8.63. The number of hydrogen-bond donors (Lipinski definition) is 2. The zero-order chi connectivity index (χ0) is 20.1. The van der Waals surface area contributed by atoms with Gasteiger partial charge in [0.25, 0.3) is 5.91 Å². The largest absolute Gasteiger partial charge is 0.416 e. The van der Waals surface area contributed by atoms with Crippen LogP contribution >= 0.6 is 0 Å². The highest BCUT2D eigenvalue weighted by atomic mass is 19.4. The van der Waals surface area contributed by atoms with E-state index in [0.717, 1.165) is 23.3 Å². The SMILES string of the molecule is O=C(NC[C@H](O)c1ccc(C(F)(F)F)cc1)c1ccc(-c2ccccc2)cc1. The lowest BCUT2D eigenvalue weighted by Gasteiger charge is -2.14. The van der Waals surface area contributed by atoms with Crippen molar-refractivity contribution in [2.24, 2.45) is 0 Å². The number of halogens is 3. The molecular formula is C22H18F3NO2. The van der Waals surface area contributed by atoms with Crippen molar-refractivity contribution in [1.29, 1.82) is 0 Å². The summed E-state index contributed by atoms with van der Waals surface area (Å²) in [5, 5.41) is 12.7. The molecule has 3 aromatic rings. The van der Waals surface area contributed by atoms with E-state index in [2.05, 4.69) is 5.32 Å². The smallest absolute Gasteiger partial charge is 0.387 e. The number of rotatable bonds is 5. The number of benzene rings is 3. The fraction of sp³-hybridized carbons (Fsp3) is 0.136. The summed E-state index contributed by atoms with van der Waals surface area (Å²) >= 11 is 0. The second-order valence-electron chi connectivity index (χ2n) is 6.29. The van der Waals surface area contributed by atoms with Crippen molar-refractivity contribution in [1.82, 2.24) is 5.32 Å². The van der Waals surface area contributed by atoms with Gasteiger partial charge in [0.2, 0.25) is 0 Å². The van der Waals surface area contributed by atoms with E-state index in [1.807, 2.05) is 42.5 Å². The molecule has 3 nitrogen and oxygen atoms in total. The Kier molecular flexibility index (Phi) is 5.80. The van der Waals surface area contributed by atoms with Gasteiger partial charge in [-0.1, -0.05) is 54.6 Å². The highest BCUT2D eigenvalue weighted by Gasteiger charge is 2.30. The molecule has 0 spiro atoms. The molecule has 0 aliphatic heterocycles. The fourth-order valence-electron chi connectivity index (χ4n) is 2.75. The number of aliphatic hydroxyl groups is 1. The van der Waals surface area contributed by atoms with Gasteiger partial charge in [0.15, 0.2) is 0 Å². The van der Waals surface area contributed by atoms with Crippen LogP contribution in [0.3, 0.4) is 0 Å². The number of aliphatic hydroxyl groups excluding tert-OH is 1. The van der Waals surface area contributed by atoms with Crippen molar-refractivity contribution >= 4 is 5.91 Å². The summed E-state index contributed by atoms with van der Waals surface area (Å²) in [5.74, 6) is -0.370. The van der Waals surface area contributed by atoms with E-state index in [1.54, 1.807) is 12.1 Å². The van der Waals surface area contributed by atoms with Crippen LogP contribution in [0.4, 0.5) is 13.2 Å². The fourth-order valence-corrected chi connectivity index (χ4v) is 2.75. The van der Waals surface area contributed by atoms with Crippen LogP contribution in [0.25, 0.3) is 11.1 Å². The number of alkyl halides is 3. The molecule has 0 bridgehead atoms. The molecule has 0 aromatic heterocycles. The van der Waals surface area contributed by atoms with E-state index in [4.69, 9.17) is 0 Å². The number of nitrogens with one attached hydrogen (secondary N) is 1. The Balaban J connectivity index is 1.59. The average molecular weight is 385 g/mol. The normalized spacial score (nSPS) is 12.4. The van der Waals surface area contributed by atoms with Gasteiger partial charge in [-0.3, -0.25) is 4.79 Å². The van der Waals surface area contributed by atoms with E-state index in [-0.39, 0.29) is 12.5 Å². The lowest BCUT2D eigenvalue weighted by Crippen LogP contribution is -2.28. The average Bonchev–Trinajstić information content (AvgIpc) is 2.72. The quantitative estimate of drug-likeness (QED) is 0.661. The van der Waals surface area contributed by atoms with Crippen LogP contribution in [0, 0.1) is 0 Å². The molecular weight excluding hydrogens is 367 g/mol. The molecule has 0 aliphatic carbocycles. The summed E-state index contributed by atoms with van der Waals surface area (Å²) in [5.41, 5.74) is 1.95. The monoisotopic (exact) mass is 385 g/mol. The van der Waals surface area contributed by atoms with Crippen molar-refractivity contribution in [3.8, 4) is 11.1 Å². The maximum absolute atomic E-state index is 12.6. The van der Waals surface area contributed by atoms with E-state index in [9.17, 15) is 23.1 Å². The maximum atomic E-state index is 12.6. The van der Waals surface area contributed by atoms with Crippen LogP contribution in [0.5, 0.6) is 0 Å². The van der Waals surface area contributed by atoms with Crippen molar-refractivity contribution in [2.75, 3.05) is 6.54 Å². The Morgan fingerprint density at radius 1 is 0.857 bits per heavy atom. The molecule has 1 amide bonds. The Bertz CT molecular complexity index is 921. The molecule has 0 saturated carbocycles. The molecule has 0 saturated heterocycles. The lowest BCUT2D eigenvalue weighted by molar-refractivity contribution is -0.137. The molecule has 0 fully saturated rings.